The minimum atomic E-state index is -0.466. The molecule has 0 spiro atoms. The number of para-hydroxylation sites is 2. The number of benzene rings is 2. The summed E-state index contributed by atoms with van der Waals surface area (Å²) in [5, 5.41) is 6.67. The van der Waals surface area contributed by atoms with Crippen LogP contribution >= 0.6 is 28.1 Å². The summed E-state index contributed by atoms with van der Waals surface area (Å²) in [4.78, 5) is 19.4. The molecular weight excluding hydrogens is 565 g/mol. The predicted molar refractivity (Wildman–Crippen MR) is 155 cm³/mol. The van der Waals surface area contributed by atoms with E-state index in [4.69, 9.17) is 12.2 Å². The average molecular weight is 593 g/mol. The third-order valence-electron chi connectivity index (χ3n) is 6.81. The maximum atomic E-state index is 14.1. The topological polar surface area (TPSA) is 62.2 Å². The molecule has 1 saturated heterocycles. The lowest BCUT2D eigenvalue weighted by atomic mass is 9.96. The Morgan fingerprint density at radius 1 is 1.11 bits per heavy atom. The van der Waals surface area contributed by atoms with Crippen LogP contribution < -0.4 is 10.6 Å². The number of nitrogens with zero attached hydrogens (tertiary/aromatic N) is 3. The number of nitrogens with one attached hydrogen (secondary N) is 2. The molecule has 3 heterocycles. The average Bonchev–Trinajstić information content (AvgIpc) is 3.39. The van der Waals surface area contributed by atoms with Gasteiger partial charge in [-0.2, -0.15) is 0 Å². The number of aryl methyl sites for hydroxylation is 1. The first kappa shape index (κ1) is 26.1. The maximum Gasteiger partial charge on any atom is 0.226 e. The van der Waals surface area contributed by atoms with E-state index in [2.05, 4.69) is 62.1 Å². The Hall–Kier alpha value is -3.56. The van der Waals surface area contributed by atoms with Crippen molar-refractivity contribution < 1.29 is 9.18 Å². The maximum absolute atomic E-state index is 14.1. The molecule has 9 heteroatoms. The van der Waals surface area contributed by atoms with E-state index in [0.29, 0.717) is 11.7 Å². The summed E-state index contributed by atoms with van der Waals surface area (Å²) in [6.07, 6.45) is 1.91. The summed E-state index contributed by atoms with van der Waals surface area (Å²) in [6, 6.07) is 21.9. The zero-order valence-corrected chi connectivity index (χ0v) is 23.4. The molecular formula is C29H27BrFN5OS. The molecule has 0 saturated carbocycles. The Kier molecular flexibility index (Phi) is 7.58. The van der Waals surface area contributed by atoms with E-state index in [1.807, 2.05) is 41.3 Å². The van der Waals surface area contributed by atoms with Gasteiger partial charge in [0.15, 0.2) is 5.11 Å². The molecule has 1 amide bonds. The van der Waals surface area contributed by atoms with Crippen molar-refractivity contribution in [2.75, 3.05) is 11.9 Å². The molecule has 38 heavy (non-hydrogen) atoms. The fourth-order valence-corrected chi connectivity index (χ4v) is 5.87. The van der Waals surface area contributed by atoms with Crippen LogP contribution in [-0.2, 0) is 4.79 Å². The lowest BCUT2D eigenvalue weighted by molar-refractivity contribution is -0.116. The minimum absolute atomic E-state index is 0.143. The number of pyridine rings is 1. The Labute approximate surface area is 235 Å². The van der Waals surface area contributed by atoms with Gasteiger partial charge in [-0.05, 0) is 90.0 Å². The van der Waals surface area contributed by atoms with Crippen molar-refractivity contribution in [3.8, 4) is 5.69 Å². The van der Waals surface area contributed by atoms with Gasteiger partial charge in [-0.1, -0.05) is 30.3 Å². The third-order valence-corrected chi connectivity index (χ3v) is 7.83. The first-order chi connectivity index (χ1) is 18.3. The Morgan fingerprint density at radius 3 is 2.58 bits per heavy atom. The fourth-order valence-electron chi connectivity index (χ4n) is 5.07. The first-order valence-corrected chi connectivity index (χ1v) is 13.5. The highest BCUT2D eigenvalue weighted by Gasteiger charge is 2.41. The molecule has 0 radical (unpaired) electrons. The SMILES string of the molecule is Cc1cc([C@H]2[C@@H](c3ccccn3)NC(=S)N2CCC(=O)Nc2ccccc2F)c(C)n1-c1ccccc1Br. The van der Waals surface area contributed by atoms with Gasteiger partial charge < -0.3 is 20.1 Å². The molecule has 0 aliphatic carbocycles. The normalized spacial score (nSPS) is 16.9. The van der Waals surface area contributed by atoms with E-state index < -0.39 is 5.82 Å². The van der Waals surface area contributed by atoms with Crippen LogP contribution in [0.3, 0.4) is 0 Å². The van der Waals surface area contributed by atoms with Crippen molar-refractivity contribution in [1.82, 2.24) is 19.8 Å². The van der Waals surface area contributed by atoms with E-state index in [-0.39, 0.29) is 30.1 Å². The largest absolute Gasteiger partial charge is 0.352 e. The van der Waals surface area contributed by atoms with Crippen molar-refractivity contribution in [1.29, 1.82) is 0 Å². The van der Waals surface area contributed by atoms with E-state index in [1.165, 1.54) is 6.07 Å². The van der Waals surface area contributed by atoms with Crippen molar-refractivity contribution in [3.63, 3.8) is 0 Å². The number of hydrogen-bond donors (Lipinski definition) is 2. The zero-order valence-electron chi connectivity index (χ0n) is 21.0. The van der Waals surface area contributed by atoms with Crippen LogP contribution in [0, 0.1) is 19.7 Å². The number of halogens is 2. The van der Waals surface area contributed by atoms with Gasteiger partial charge in [-0.15, -0.1) is 0 Å². The summed E-state index contributed by atoms with van der Waals surface area (Å²) >= 11 is 9.47. The van der Waals surface area contributed by atoms with Crippen molar-refractivity contribution in [2.45, 2.75) is 32.4 Å². The molecule has 1 aliphatic heterocycles. The van der Waals surface area contributed by atoms with Crippen molar-refractivity contribution in [2.24, 2.45) is 0 Å². The molecule has 1 aliphatic rings. The molecule has 6 nitrogen and oxygen atoms in total. The van der Waals surface area contributed by atoms with Crippen LogP contribution in [0.25, 0.3) is 5.69 Å². The summed E-state index contributed by atoms with van der Waals surface area (Å²) in [5.41, 5.74) is 5.33. The van der Waals surface area contributed by atoms with Gasteiger partial charge in [0.1, 0.15) is 5.82 Å². The molecule has 4 aromatic rings. The van der Waals surface area contributed by atoms with Crippen molar-refractivity contribution >= 4 is 44.9 Å². The second-order valence-electron chi connectivity index (χ2n) is 9.21. The van der Waals surface area contributed by atoms with Crippen LogP contribution in [0.4, 0.5) is 10.1 Å². The summed E-state index contributed by atoms with van der Waals surface area (Å²) in [5.74, 6) is -0.747. The molecule has 2 N–H and O–H groups in total. The smallest absolute Gasteiger partial charge is 0.226 e. The number of thiocarbonyl (C=S) groups is 1. The third kappa shape index (κ3) is 5.08. The van der Waals surface area contributed by atoms with E-state index in [1.54, 1.807) is 24.4 Å². The lowest BCUT2D eigenvalue weighted by Crippen LogP contribution is -2.33. The second kappa shape index (κ2) is 11.0. The number of amides is 1. The van der Waals surface area contributed by atoms with Gasteiger partial charge in [0.25, 0.3) is 0 Å². The monoisotopic (exact) mass is 591 g/mol. The molecule has 5 rings (SSSR count). The van der Waals surface area contributed by atoms with Gasteiger partial charge in [-0.3, -0.25) is 9.78 Å². The van der Waals surface area contributed by atoms with Crippen LogP contribution in [0.15, 0.2) is 83.5 Å². The molecule has 0 bridgehead atoms. The molecule has 2 atom stereocenters. The Bertz CT molecular complexity index is 1490. The summed E-state index contributed by atoms with van der Waals surface area (Å²) < 4.78 is 17.3. The number of carbonyl (C=O) groups is 1. The first-order valence-electron chi connectivity index (χ1n) is 12.3. The van der Waals surface area contributed by atoms with Crippen LogP contribution in [-0.4, -0.2) is 32.0 Å². The van der Waals surface area contributed by atoms with Gasteiger partial charge in [0, 0.05) is 35.0 Å². The number of rotatable bonds is 7. The predicted octanol–water partition coefficient (Wildman–Crippen LogP) is 6.39. The van der Waals surface area contributed by atoms with Gasteiger partial charge in [-0.25, -0.2) is 4.39 Å². The van der Waals surface area contributed by atoms with Crippen molar-refractivity contribution in [3.05, 3.63) is 112 Å². The number of anilines is 1. The highest BCUT2D eigenvalue weighted by Crippen LogP contribution is 2.42. The number of carbonyl (C=O) groups excluding carboxylic acids is 1. The minimum Gasteiger partial charge on any atom is -0.352 e. The Morgan fingerprint density at radius 2 is 1.84 bits per heavy atom. The summed E-state index contributed by atoms with van der Waals surface area (Å²) in [7, 11) is 0. The standard InChI is InChI=1S/C29H27BrFN5OS/c1-18-17-20(19(2)36(18)25-13-6-3-9-21(25)30)28-27(24-12-7-8-15-32-24)34-29(38)35(28)16-14-26(37)33-23-11-5-4-10-22(23)31/h3-13,15,17,27-28H,14,16H2,1-2H3,(H,33,37)(H,34,38)/t27-,28+/m1/s1. The molecule has 0 unspecified atom stereocenters. The highest BCUT2D eigenvalue weighted by molar-refractivity contribution is 9.10. The van der Waals surface area contributed by atoms with Crippen LogP contribution in [0.1, 0.15) is 41.1 Å². The van der Waals surface area contributed by atoms with E-state index in [9.17, 15) is 9.18 Å². The molecule has 1 fully saturated rings. The highest BCUT2D eigenvalue weighted by atomic mass is 79.9. The quantitative estimate of drug-likeness (QED) is 0.244. The molecule has 2 aromatic heterocycles. The van der Waals surface area contributed by atoms with Crippen LogP contribution in [0.5, 0.6) is 0 Å². The number of hydrogen-bond acceptors (Lipinski definition) is 3. The van der Waals surface area contributed by atoms with E-state index in [0.717, 1.165) is 32.8 Å². The second-order valence-corrected chi connectivity index (χ2v) is 10.5. The van der Waals surface area contributed by atoms with Crippen LogP contribution in [0.2, 0.25) is 0 Å². The number of aromatic nitrogens is 2. The summed E-state index contributed by atoms with van der Waals surface area (Å²) in [6.45, 7) is 4.54. The van der Waals surface area contributed by atoms with Gasteiger partial charge >= 0.3 is 0 Å². The lowest BCUT2D eigenvalue weighted by Gasteiger charge is -2.28. The van der Waals surface area contributed by atoms with Gasteiger partial charge in [0.2, 0.25) is 5.91 Å². The fraction of sp³-hybridized carbons (Fsp3) is 0.207. The Balaban J connectivity index is 1.48. The van der Waals surface area contributed by atoms with E-state index >= 15 is 0 Å². The zero-order chi connectivity index (χ0) is 26.8. The molecule has 194 valence electrons. The molecule has 2 aromatic carbocycles. The van der Waals surface area contributed by atoms with Gasteiger partial charge in [0.05, 0.1) is 29.2 Å².